The van der Waals surface area contributed by atoms with Gasteiger partial charge in [0.2, 0.25) is 0 Å². The van der Waals surface area contributed by atoms with Crippen LogP contribution in [0.25, 0.3) is 6.08 Å². The summed E-state index contributed by atoms with van der Waals surface area (Å²) in [6.45, 7) is 1.85. The Balaban J connectivity index is 1.79. The highest BCUT2D eigenvalue weighted by Gasteiger charge is 2.27. The first-order valence-corrected chi connectivity index (χ1v) is 7.71. The molecule has 1 fully saturated rings. The molecule has 2 heterocycles. The summed E-state index contributed by atoms with van der Waals surface area (Å²) >= 11 is 1.32. The molecule has 0 aliphatic carbocycles. The van der Waals surface area contributed by atoms with E-state index in [1.54, 1.807) is 6.08 Å². The minimum absolute atomic E-state index is 0.178. The van der Waals surface area contributed by atoms with Gasteiger partial charge in [-0.05, 0) is 49.2 Å². The van der Waals surface area contributed by atoms with Crippen LogP contribution in [0.4, 0.5) is 4.39 Å². The number of likely N-dealkylation sites (tertiary alicyclic amines) is 1. The van der Waals surface area contributed by atoms with Crippen LogP contribution in [0.3, 0.4) is 0 Å². The number of carbonyl (C=O) groups excluding carboxylic acids is 1. The van der Waals surface area contributed by atoms with Gasteiger partial charge in [-0.25, -0.2) is 4.39 Å². The molecular formula is C15H15FN2O2S. The van der Waals surface area contributed by atoms with Crippen LogP contribution in [0.1, 0.15) is 24.8 Å². The average Bonchev–Trinajstić information content (AvgIpc) is 2.84. The Morgan fingerprint density at radius 1 is 1.29 bits per heavy atom. The van der Waals surface area contributed by atoms with Crippen molar-refractivity contribution in [1.82, 2.24) is 4.90 Å². The summed E-state index contributed by atoms with van der Waals surface area (Å²) in [7, 11) is 0. The largest absolute Gasteiger partial charge is 0.507 e. The number of phenolic OH excluding ortho intramolecular Hbond substituents is 1. The lowest BCUT2D eigenvalue weighted by Crippen LogP contribution is -2.33. The lowest BCUT2D eigenvalue weighted by atomic mass is 10.1. The zero-order valence-electron chi connectivity index (χ0n) is 11.4. The topological polar surface area (TPSA) is 52.9 Å². The zero-order valence-corrected chi connectivity index (χ0v) is 12.2. The van der Waals surface area contributed by atoms with Crippen molar-refractivity contribution in [3.63, 3.8) is 0 Å². The molecule has 0 aromatic heterocycles. The Kier molecular flexibility index (Phi) is 3.96. The van der Waals surface area contributed by atoms with Gasteiger partial charge in [0.1, 0.15) is 11.6 Å². The van der Waals surface area contributed by atoms with E-state index >= 15 is 0 Å². The number of aliphatic imine (C=N–C) groups is 1. The maximum Gasteiger partial charge on any atom is 0.286 e. The van der Waals surface area contributed by atoms with Crippen LogP contribution in [-0.2, 0) is 4.79 Å². The lowest BCUT2D eigenvalue weighted by Gasteiger charge is -2.27. The van der Waals surface area contributed by atoms with Gasteiger partial charge in [0.25, 0.3) is 5.91 Å². The molecule has 0 spiro atoms. The Morgan fingerprint density at radius 2 is 2.05 bits per heavy atom. The van der Waals surface area contributed by atoms with Gasteiger partial charge < -0.3 is 10.0 Å². The highest BCUT2D eigenvalue weighted by atomic mass is 32.2. The van der Waals surface area contributed by atoms with Crippen LogP contribution >= 0.6 is 11.8 Å². The molecular weight excluding hydrogens is 291 g/mol. The van der Waals surface area contributed by atoms with E-state index in [0.717, 1.165) is 37.2 Å². The number of aromatic hydroxyl groups is 1. The molecule has 110 valence electrons. The predicted octanol–water partition coefficient (Wildman–Crippen LogP) is 2.99. The van der Waals surface area contributed by atoms with E-state index in [1.165, 1.54) is 30.3 Å². The van der Waals surface area contributed by atoms with Gasteiger partial charge in [-0.3, -0.25) is 4.79 Å². The fourth-order valence-electron chi connectivity index (χ4n) is 2.40. The van der Waals surface area contributed by atoms with Crippen LogP contribution in [0.5, 0.6) is 5.75 Å². The van der Waals surface area contributed by atoms with Gasteiger partial charge in [0, 0.05) is 24.7 Å². The first-order valence-electron chi connectivity index (χ1n) is 6.89. The smallest absolute Gasteiger partial charge is 0.286 e. The van der Waals surface area contributed by atoms with Crippen LogP contribution in [0.2, 0.25) is 0 Å². The van der Waals surface area contributed by atoms with Gasteiger partial charge in [0.05, 0.1) is 4.91 Å². The van der Waals surface area contributed by atoms with Crippen molar-refractivity contribution in [2.45, 2.75) is 19.3 Å². The summed E-state index contributed by atoms with van der Waals surface area (Å²) in [4.78, 5) is 18.6. The van der Waals surface area contributed by atoms with E-state index in [0.29, 0.717) is 10.5 Å². The molecule has 6 heteroatoms. The third kappa shape index (κ3) is 3.10. The molecule has 1 amide bonds. The lowest BCUT2D eigenvalue weighted by molar-refractivity contribution is -0.113. The molecule has 2 aliphatic heterocycles. The van der Waals surface area contributed by atoms with E-state index < -0.39 is 5.82 Å². The van der Waals surface area contributed by atoms with Crippen molar-refractivity contribution in [1.29, 1.82) is 0 Å². The minimum atomic E-state index is -0.509. The van der Waals surface area contributed by atoms with Gasteiger partial charge in [-0.2, -0.15) is 4.99 Å². The molecule has 2 aliphatic rings. The van der Waals surface area contributed by atoms with Gasteiger partial charge in [-0.15, -0.1) is 0 Å². The normalized spacial score (nSPS) is 21.0. The second-order valence-electron chi connectivity index (χ2n) is 5.06. The number of rotatable bonds is 1. The van der Waals surface area contributed by atoms with E-state index in [-0.39, 0.29) is 11.7 Å². The molecule has 21 heavy (non-hydrogen) atoms. The molecule has 3 rings (SSSR count). The summed E-state index contributed by atoms with van der Waals surface area (Å²) in [6, 6.07) is 3.73. The first-order chi connectivity index (χ1) is 10.1. The second-order valence-corrected chi connectivity index (χ2v) is 6.07. The van der Waals surface area contributed by atoms with Crippen molar-refractivity contribution in [2.75, 3.05) is 13.1 Å². The number of thioether (sulfide) groups is 1. The molecule has 1 saturated heterocycles. The Bertz CT molecular complexity index is 637. The van der Waals surface area contributed by atoms with Crippen molar-refractivity contribution >= 4 is 28.9 Å². The third-order valence-electron chi connectivity index (χ3n) is 3.51. The van der Waals surface area contributed by atoms with E-state index in [9.17, 15) is 14.3 Å². The van der Waals surface area contributed by atoms with Crippen LogP contribution in [0, 0.1) is 5.82 Å². The summed E-state index contributed by atoms with van der Waals surface area (Å²) in [5, 5.41) is 10.4. The summed E-state index contributed by atoms with van der Waals surface area (Å²) in [5.41, 5.74) is 0.419. The fraction of sp³-hybridized carbons (Fsp3) is 0.333. The summed E-state index contributed by atoms with van der Waals surface area (Å²) in [6.07, 6.45) is 5.01. The highest BCUT2D eigenvalue weighted by molar-refractivity contribution is 8.18. The van der Waals surface area contributed by atoms with E-state index in [4.69, 9.17) is 0 Å². The van der Waals surface area contributed by atoms with Crippen LogP contribution < -0.4 is 0 Å². The second kappa shape index (κ2) is 5.89. The molecule has 1 aromatic rings. The minimum Gasteiger partial charge on any atom is -0.507 e. The monoisotopic (exact) mass is 306 g/mol. The van der Waals surface area contributed by atoms with E-state index in [2.05, 4.69) is 9.89 Å². The molecule has 0 saturated carbocycles. The Labute approximate surface area is 126 Å². The number of hydrogen-bond donors (Lipinski definition) is 1. The third-order valence-corrected chi connectivity index (χ3v) is 4.56. The molecule has 0 unspecified atom stereocenters. The van der Waals surface area contributed by atoms with E-state index in [1.807, 2.05) is 0 Å². The summed E-state index contributed by atoms with van der Waals surface area (Å²) < 4.78 is 13.0. The number of amidine groups is 1. The quantitative estimate of drug-likeness (QED) is 0.810. The standard InChI is InChI=1S/C15H15FN2O2S/c16-11-5-4-10(12(19)9-11)8-13-14(20)17-15(21-13)18-6-2-1-3-7-18/h4-5,8-9,19H,1-3,6-7H2. The maximum atomic E-state index is 13.0. The molecule has 1 N–H and O–H groups in total. The number of phenols is 1. The Hall–Kier alpha value is -1.82. The first kappa shape index (κ1) is 14.1. The number of benzene rings is 1. The molecule has 0 bridgehead atoms. The molecule has 0 radical (unpaired) electrons. The SMILES string of the molecule is O=C1N=C(N2CCCCC2)SC1=Cc1ccc(F)cc1O. The van der Waals surface area contributed by atoms with Gasteiger partial charge in [0.15, 0.2) is 5.17 Å². The number of halogens is 1. The zero-order chi connectivity index (χ0) is 14.8. The number of nitrogens with zero attached hydrogens (tertiary/aromatic N) is 2. The van der Waals surface area contributed by atoms with Crippen molar-refractivity contribution in [3.05, 3.63) is 34.5 Å². The van der Waals surface area contributed by atoms with Crippen molar-refractivity contribution in [3.8, 4) is 5.75 Å². The Morgan fingerprint density at radius 3 is 2.76 bits per heavy atom. The molecule has 4 nitrogen and oxygen atoms in total. The average molecular weight is 306 g/mol. The van der Waals surface area contributed by atoms with Crippen LogP contribution in [0.15, 0.2) is 28.1 Å². The van der Waals surface area contributed by atoms with Gasteiger partial charge in [-0.1, -0.05) is 0 Å². The number of carbonyl (C=O) groups is 1. The summed E-state index contributed by atoms with van der Waals surface area (Å²) in [5.74, 6) is -0.989. The number of piperidine rings is 1. The molecule has 0 atom stereocenters. The number of hydrogen-bond acceptors (Lipinski definition) is 4. The van der Waals surface area contributed by atoms with Gasteiger partial charge >= 0.3 is 0 Å². The number of amides is 1. The molecule has 1 aromatic carbocycles. The predicted molar refractivity (Wildman–Crippen MR) is 81.5 cm³/mol. The fourth-order valence-corrected chi connectivity index (χ4v) is 3.35. The highest BCUT2D eigenvalue weighted by Crippen LogP contribution is 2.33. The maximum absolute atomic E-state index is 13.0. The van der Waals surface area contributed by atoms with Crippen molar-refractivity contribution < 1.29 is 14.3 Å². The van der Waals surface area contributed by atoms with Crippen molar-refractivity contribution in [2.24, 2.45) is 4.99 Å². The van der Waals surface area contributed by atoms with Crippen LogP contribution in [-0.4, -0.2) is 34.2 Å².